The summed E-state index contributed by atoms with van der Waals surface area (Å²) in [6, 6.07) is 9.77. The topological polar surface area (TPSA) is 71.5 Å². The van der Waals surface area contributed by atoms with Crippen LogP contribution in [0.4, 0.5) is 9.93 Å². The molecule has 2 amide bonds. The third kappa shape index (κ3) is 3.43. The van der Waals surface area contributed by atoms with E-state index in [2.05, 4.69) is 15.2 Å². The van der Waals surface area contributed by atoms with Crippen molar-refractivity contribution in [3.8, 4) is 5.19 Å². The van der Waals surface area contributed by atoms with Gasteiger partial charge in [-0.15, -0.1) is 5.10 Å². The summed E-state index contributed by atoms with van der Waals surface area (Å²) >= 11 is 1.22. The van der Waals surface area contributed by atoms with Crippen LogP contribution in [0, 0.1) is 0 Å². The molecule has 0 atom stereocenters. The molecule has 0 saturated carbocycles. The highest BCUT2D eigenvalue weighted by molar-refractivity contribution is 7.17. The van der Waals surface area contributed by atoms with E-state index in [0.717, 1.165) is 16.5 Å². The first-order chi connectivity index (χ1) is 11.5. The second-order valence-corrected chi connectivity index (χ2v) is 6.33. The first-order valence-corrected chi connectivity index (χ1v) is 8.11. The number of hydrogen-bond acceptors (Lipinski definition) is 6. The van der Waals surface area contributed by atoms with E-state index < -0.39 is 0 Å². The van der Waals surface area contributed by atoms with Crippen LogP contribution in [-0.4, -0.2) is 47.3 Å². The number of ether oxygens (including phenoxy) is 1. The number of amides is 2. The average Bonchev–Trinajstić information content (AvgIpc) is 3.07. The number of benzene rings is 1. The molecule has 3 aromatic rings. The van der Waals surface area contributed by atoms with Gasteiger partial charge >= 0.3 is 6.03 Å². The summed E-state index contributed by atoms with van der Waals surface area (Å²) in [4.78, 5) is 19.2. The fraction of sp³-hybridized carbons (Fsp3) is 0.250. The molecule has 2 aromatic heterocycles. The van der Waals surface area contributed by atoms with E-state index in [1.807, 2.05) is 30.3 Å². The van der Waals surface area contributed by atoms with Crippen molar-refractivity contribution in [2.45, 2.75) is 6.61 Å². The van der Waals surface area contributed by atoms with Gasteiger partial charge < -0.3 is 9.64 Å². The van der Waals surface area contributed by atoms with Crippen LogP contribution in [0.1, 0.15) is 5.56 Å². The number of carbonyl (C=O) groups is 1. The SMILES string of the molecule is CN(C)C(=O)N(C)c1nnc(OCc2cnc3ccccc3c2)s1. The molecule has 0 aliphatic rings. The van der Waals surface area contributed by atoms with Crippen LogP contribution >= 0.6 is 11.3 Å². The molecule has 0 radical (unpaired) electrons. The Kier molecular flexibility index (Phi) is 4.57. The third-order valence-electron chi connectivity index (χ3n) is 3.36. The molecule has 0 aliphatic carbocycles. The van der Waals surface area contributed by atoms with E-state index in [4.69, 9.17) is 4.74 Å². The molecule has 3 rings (SSSR count). The first kappa shape index (κ1) is 16.1. The zero-order valence-corrected chi connectivity index (χ0v) is 14.4. The summed E-state index contributed by atoms with van der Waals surface area (Å²) in [5.41, 5.74) is 1.89. The maximum absolute atomic E-state index is 11.9. The van der Waals surface area contributed by atoms with Gasteiger partial charge in [0.05, 0.1) is 5.52 Å². The fourth-order valence-corrected chi connectivity index (χ4v) is 2.77. The number of para-hydroxylation sites is 1. The predicted molar refractivity (Wildman–Crippen MR) is 93.5 cm³/mol. The number of rotatable bonds is 4. The second-order valence-electron chi connectivity index (χ2n) is 5.41. The van der Waals surface area contributed by atoms with Gasteiger partial charge in [0.15, 0.2) is 0 Å². The molecule has 0 aliphatic heterocycles. The van der Waals surface area contributed by atoms with Gasteiger partial charge in [0.1, 0.15) is 6.61 Å². The van der Waals surface area contributed by atoms with Gasteiger partial charge in [0.25, 0.3) is 5.19 Å². The number of pyridine rings is 1. The normalized spacial score (nSPS) is 10.6. The lowest BCUT2D eigenvalue weighted by atomic mass is 10.2. The summed E-state index contributed by atoms with van der Waals surface area (Å²) in [5, 5.41) is 9.92. The van der Waals surface area contributed by atoms with E-state index >= 15 is 0 Å². The zero-order valence-electron chi connectivity index (χ0n) is 13.6. The van der Waals surface area contributed by atoms with E-state index in [1.165, 1.54) is 21.1 Å². The smallest absolute Gasteiger partial charge is 0.325 e. The Morgan fingerprint density at radius 2 is 2.00 bits per heavy atom. The molecule has 7 nitrogen and oxygen atoms in total. The molecule has 0 unspecified atom stereocenters. The Morgan fingerprint density at radius 3 is 2.79 bits per heavy atom. The zero-order chi connectivity index (χ0) is 17.1. The van der Waals surface area contributed by atoms with Crippen molar-refractivity contribution in [1.82, 2.24) is 20.1 Å². The number of hydrogen-bond donors (Lipinski definition) is 0. The number of nitrogens with zero attached hydrogens (tertiary/aromatic N) is 5. The lowest BCUT2D eigenvalue weighted by molar-refractivity contribution is 0.225. The highest BCUT2D eigenvalue weighted by atomic mass is 32.1. The summed E-state index contributed by atoms with van der Waals surface area (Å²) in [5.74, 6) is 0. The molecule has 2 heterocycles. The van der Waals surface area contributed by atoms with Crippen molar-refractivity contribution in [2.75, 3.05) is 26.0 Å². The molecule has 0 fully saturated rings. The quantitative estimate of drug-likeness (QED) is 0.728. The molecular formula is C16H17N5O2S. The van der Waals surface area contributed by atoms with Crippen LogP contribution in [0.5, 0.6) is 5.19 Å². The van der Waals surface area contributed by atoms with Crippen molar-refractivity contribution in [3.05, 3.63) is 42.1 Å². The van der Waals surface area contributed by atoms with Crippen molar-refractivity contribution in [1.29, 1.82) is 0 Å². The van der Waals surface area contributed by atoms with Gasteiger partial charge in [-0.3, -0.25) is 9.88 Å². The lowest BCUT2D eigenvalue weighted by Gasteiger charge is -2.18. The molecule has 0 spiro atoms. The molecule has 1 aromatic carbocycles. The molecule has 0 saturated heterocycles. The lowest BCUT2D eigenvalue weighted by Crippen LogP contribution is -2.36. The first-order valence-electron chi connectivity index (χ1n) is 7.29. The van der Waals surface area contributed by atoms with Crippen molar-refractivity contribution in [3.63, 3.8) is 0 Å². The van der Waals surface area contributed by atoms with Crippen LogP contribution < -0.4 is 9.64 Å². The molecular weight excluding hydrogens is 326 g/mol. The molecule has 0 bridgehead atoms. The van der Waals surface area contributed by atoms with Crippen LogP contribution in [0.25, 0.3) is 10.9 Å². The number of anilines is 1. The van der Waals surface area contributed by atoms with E-state index in [-0.39, 0.29) is 6.03 Å². The Balaban J connectivity index is 1.67. The van der Waals surface area contributed by atoms with Gasteiger partial charge in [-0.05, 0) is 23.5 Å². The van der Waals surface area contributed by atoms with Gasteiger partial charge in [-0.1, -0.05) is 23.3 Å². The number of carbonyl (C=O) groups excluding carboxylic acids is 1. The molecule has 8 heteroatoms. The van der Waals surface area contributed by atoms with Gasteiger partial charge in [-0.2, -0.15) is 0 Å². The Morgan fingerprint density at radius 1 is 1.21 bits per heavy atom. The summed E-state index contributed by atoms with van der Waals surface area (Å²) < 4.78 is 5.67. The third-order valence-corrected chi connectivity index (χ3v) is 4.27. The molecule has 0 N–H and O–H groups in total. The predicted octanol–water partition coefficient (Wildman–Crippen LogP) is 2.78. The number of urea groups is 1. The minimum atomic E-state index is -0.170. The fourth-order valence-electron chi connectivity index (χ4n) is 2.12. The average molecular weight is 343 g/mol. The Hall–Kier alpha value is -2.74. The standard InChI is InChI=1S/C16H17N5O2S/c1-20(2)16(22)21(3)14-18-19-15(24-14)23-10-11-8-12-6-4-5-7-13(12)17-9-11/h4-9H,10H2,1-3H3. The maximum atomic E-state index is 11.9. The van der Waals surface area contributed by atoms with E-state index in [1.54, 1.807) is 27.3 Å². The van der Waals surface area contributed by atoms with E-state index in [9.17, 15) is 4.79 Å². The number of aromatic nitrogens is 3. The van der Waals surface area contributed by atoms with Crippen molar-refractivity contribution in [2.24, 2.45) is 0 Å². The summed E-state index contributed by atoms with van der Waals surface area (Å²) in [6.45, 7) is 0.345. The van der Waals surface area contributed by atoms with Crippen LogP contribution in [0.3, 0.4) is 0 Å². The van der Waals surface area contributed by atoms with Crippen LogP contribution in [0.15, 0.2) is 36.5 Å². The minimum absolute atomic E-state index is 0.170. The molecule has 124 valence electrons. The van der Waals surface area contributed by atoms with Gasteiger partial charge in [0, 0.05) is 38.3 Å². The highest BCUT2D eigenvalue weighted by Gasteiger charge is 2.17. The summed E-state index contributed by atoms with van der Waals surface area (Å²) in [7, 11) is 5.02. The summed E-state index contributed by atoms with van der Waals surface area (Å²) in [6.07, 6.45) is 1.78. The second kappa shape index (κ2) is 6.79. The van der Waals surface area contributed by atoms with Crippen molar-refractivity contribution < 1.29 is 9.53 Å². The highest BCUT2D eigenvalue weighted by Crippen LogP contribution is 2.26. The van der Waals surface area contributed by atoms with Crippen molar-refractivity contribution >= 4 is 33.4 Å². The van der Waals surface area contributed by atoms with Gasteiger partial charge in [0.2, 0.25) is 5.13 Å². The number of fused-ring (bicyclic) bond motifs is 1. The largest absolute Gasteiger partial charge is 0.464 e. The van der Waals surface area contributed by atoms with Crippen LogP contribution in [0.2, 0.25) is 0 Å². The maximum Gasteiger partial charge on any atom is 0.325 e. The minimum Gasteiger partial charge on any atom is -0.464 e. The molecule has 24 heavy (non-hydrogen) atoms. The Labute approximate surface area is 143 Å². The monoisotopic (exact) mass is 343 g/mol. The van der Waals surface area contributed by atoms with Crippen LogP contribution in [-0.2, 0) is 6.61 Å². The van der Waals surface area contributed by atoms with E-state index in [0.29, 0.717) is 16.9 Å². The Bertz CT molecular complexity index is 864. The van der Waals surface area contributed by atoms with Gasteiger partial charge in [-0.25, -0.2) is 4.79 Å².